The first-order chi connectivity index (χ1) is 17.9. The number of carboxylic acid groups (broad SMARTS) is 1. The number of nitrogens with one attached hydrogen (secondary N) is 1. The molecule has 7 heteroatoms. The van der Waals surface area contributed by atoms with Crippen LogP contribution in [0.2, 0.25) is 0 Å². The molecule has 2 fully saturated rings. The first-order valence-electron chi connectivity index (χ1n) is 12.3. The minimum atomic E-state index is -1.97. The van der Waals surface area contributed by atoms with Crippen LogP contribution in [0.4, 0.5) is 5.69 Å². The Kier molecular flexibility index (Phi) is 6.50. The lowest BCUT2D eigenvalue weighted by Crippen LogP contribution is -2.58. The molecule has 3 aromatic rings. The van der Waals surface area contributed by atoms with Crippen molar-refractivity contribution in [1.29, 1.82) is 0 Å². The quantitative estimate of drug-likeness (QED) is 0.340. The molecule has 2 saturated heterocycles. The number of rotatable bonds is 7. The molecule has 0 spiro atoms. The maximum Gasteiger partial charge on any atom is 0.327 e. The molecule has 0 saturated carbocycles. The van der Waals surface area contributed by atoms with Crippen LogP contribution in [0.15, 0.2) is 78.9 Å². The van der Waals surface area contributed by atoms with E-state index >= 15 is 0 Å². The number of carbonyl (C=O) groups excluding carboxylic acids is 2. The van der Waals surface area contributed by atoms with Gasteiger partial charge in [-0.2, -0.15) is 0 Å². The van der Waals surface area contributed by atoms with Gasteiger partial charge in [-0.3, -0.25) is 19.7 Å². The van der Waals surface area contributed by atoms with Gasteiger partial charge in [-0.05, 0) is 40.8 Å². The highest BCUT2D eigenvalue weighted by Gasteiger charge is 2.68. The molecule has 3 aromatic carbocycles. The Labute approximate surface area is 215 Å². The van der Waals surface area contributed by atoms with E-state index in [2.05, 4.69) is 5.32 Å². The van der Waals surface area contributed by atoms with Gasteiger partial charge in [0.25, 0.3) is 0 Å². The minimum Gasteiger partial charge on any atom is -0.480 e. The van der Waals surface area contributed by atoms with Crippen molar-refractivity contribution in [2.75, 3.05) is 11.5 Å². The fraction of sp³-hybridized carbons (Fsp3) is 0.233. The van der Waals surface area contributed by atoms with Gasteiger partial charge in [0, 0.05) is 6.04 Å². The first-order valence-corrected chi connectivity index (χ1v) is 12.3. The zero-order valence-corrected chi connectivity index (χ0v) is 20.4. The number of aliphatic hydroxyl groups excluding tert-OH is 1. The standard InChI is InChI=1S/C30H28N2O5/c1-2-19-12-16-23(17-13-19)32-27(34)24-25(28(32)35)30(18-33,29(36)37)31-26(24)22-14-10-21(11-15-22)9-8-20-6-4-3-5-7-20/h3-17,24-26,31,33H,2,18H2,1H3,(H,36,37). The molecule has 2 aliphatic rings. The highest BCUT2D eigenvalue weighted by molar-refractivity contribution is 6.24. The van der Waals surface area contributed by atoms with Crippen LogP contribution in [0, 0.1) is 11.8 Å². The molecule has 2 heterocycles. The van der Waals surface area contributed by atoms with Gasteiger partial charge >= 0.3 is 5.97 Å². The Morgan fingerprint density at radius 3 is 2.11 bits per heavy atom. The Morgan fingerprint density at radius 2 is 1.54 bits per heavy atom. The molecule has 5 rings (SSSR count). The zero-order valence-electron chi connectivity index (χ0n) is 20.4. The van der Waals surface area contributed by atoms with Gasteiger partial charge in [-0.25, -0.2) is 4.90 Å². The van der Waals surface area contributed by atoms with E-state index < -0.39 is 47.8 Å². The molecule has 2 amide bonds. The van der Waals surface area contributed by atoms with Crippen molar-refractivity contribution >= 4 is 35.6 Å². The Hall–Kier alpha value is -4.07. The lowest BCUT2D eigenvalue weighted by atomic mass is 9.79. The molecule has 4 unspecified atom stereocenters. The largest absolute Gasteiger partial charge is 0.480 e. The van der Waals surface area contributed by atoms with E-state index in [-0.39, 0.29) is 0 Å². The molecule has 188 valence electrons. The number of nitrogens with zero attached hydrogens (tertiary/aromatic N) is 1. The van der Waals surface area contributed by atoms with Gasteiger partial charge in [-0.1, -0.05) is 85.8 Å². The van der Waals surface area contributed by atoms with Crippen LogP contribution >= 0.6 is 0 Å². The van der Waals surface area contributed by atoms with Crippen molar-refractivity contribution < 1.29 is 24.6 Å². The summed E-state index contributed by atoms with van der Waals surface area (Å²) in [6.45, 7) is 1.19. The normalized spacial score (nSPS) is 25.1. The number of benzene rings is 3. The highest BCUT2D eigenvalue weighted by Crippen LogP contribution is 2.49. The maximum atomic E-state index is 13.7. The van der Waals surface area contributed by atoms with Crippen LogP contribution in [0.1, 0.15) is 35.2 Å². The minimum absolute atomic E-state index is 0.402. The lowest BCUT2D eigenvalue weighted by molar-refractivity contribution is -0.150. The number of amides is 2. The number of imide groups is 1. The number of aryl methyl sites for hydroxylation is 1. The van der Waals surface area contributed by atoms with Crippen LogP contribution in [-0.4, -0.2) is 40.1 Å². The summed E-state index contributed by atoms with van der Waals surface area (Å²) in [4.78, 5) is 40.7. The van der Waals surface area contributed by atoms with E-state index in [9.17, 15) is 24.6 Å². The molecular weight excluding hydrogens is 468 g/mol. The summed E-state index contributed by atoms with van der Waals surface area (Å²) in [5.74, 6) is -4.66. The molecule has 0 aliphatic carbocycles. The van der Waals surface area contributed by atoms with E-state index in [0.29, 0.717) is 11.3 Å². The second kappa shape index (κ2) is 9.76. The highest BCUT2D eigenvalue weighted by atomic mass is 16.4. The number of carbonyl (C=O) groups is 3. The van der Waals surface area contributed by atoms with Crippen LogP contribution < -0.4 is 10.2 Å². The summed E-state index contributed by atoms with van der Waals surface area (Å²) in [6.07, 6.45) is 4.76. The molecule has 0 bridgehead atoms. The second-order valence-corrected chi connectivity index (χ2v) is 9.50. The van der Waals surface area contributed by atoms with Crippen LogP contribution in [0.25, 0.3) is 12.2 Å². The summed E-state index contributed by atoms with van der Waals surface area (Å²) < 4.78 is 0. The van der Waals surface area contributed by atoms with Gasteiger partial charge < -0.3 is 10.2 Å². The third-order valence-electron chi connectivity index (χ3n) is 7.45. The maximum absolute atomic E-state index is 13.7. The molecule has 0 aromatic heterocycles. The SMILES string of the molecule is CCc1ccc(N2C(=O)C3C(c4ccc(C=Cc5ccccc5)cc4)NC(CO)(C(=O)O)C3C2=O)cc1. The van der Waals surface area contributed by atoms with Crippen LogP contribution in [0.5, 0.6) is 0 Å². The van der Waals surface area contributed by atoms with Crippen molar-refractivity contribution in [2.24, 2.45) is 11.8 Å². The number of carboxylic acids is 1. The van der Waals surface area contributed by atoms with Gasteiger partial charge in [-0.15, -0.1) is 0 Å². The third kappa shape index (κ3) is 4.16. The smallest absolute Gasteiger partial charge is 0.327 e. The van der Waals surface area contributed by atoms with Gasteiger partial charge in [0.2, 0.25) is 11.8 Å². The Morgan fingerprint density at radius 1 is 0.919 bits per heavy atom. The molecular formula is C30H28N2O5. The van der Waals surface area contributed by atoms with Crippen molar-refractivity contribution in [1.82, 2.24) is 5.32 Å². The molecule has 37 heavy (non-hydrogen) atoms. The number of hydrogen-bond donors (Lipinski definition) is 3. The lowest BCUT2D eigenvalue weighted by Gasteiger charge is -2.29. The van der Waals surface area contributed by atoms with Gasteiger partial charge in [0.15, 0.2) is 5.54 Å². The third-order valence-corrected chi connectivity index (χ3v) is 7.45. The van der Waals surface area contributed by atoms with E-state index in [1.165, 1.54) is 0 Å². The predicted molar refractivity (Wildman–Crippen MR) is 140 cm³/mol. The van der Waals surface area contributed by atoms with E-state index in [1.807, 2.05) is 85.8 Å². The Balaban J connectivity index is 1.49. The fourth-order valence-electron chi connectivity index (χ4n) is 5.41. The average Bonchev–Trinajstić information content (AvgIpc) is 3.42. The topological polar surface area (TPSA) is 107 Å². The monoisotopic (exact) mass is 496 g/mol. The average molecular weight is 497 g/mol. The fourth-order valence-corrected chi connectivity index (χ4v) is 5.41. The summed E-state index contributed by atoms with van der Waals surface area (Å²) in [5, 5.41) is 23.3. The molecule has 7 nitrogen and oxygen atoms in total. The van der Waals surface area contributed by atoms with Crippen LogP contribution in [0.3, 0.4) is 0 Å². The molecule has 2 aliphatic heterocycles. The van der Waals surface area contributed by atoms with Crippen molar-refractivity contribution in [2.45, 2.75) is 24.9 Å². The second-order valence-electron chi connectivity index (χ2n) is 9.50. The summed E-state index contributed by atoms with van der Waals surface area (Å²) in [7, 11) is 0. The van der Waals surface area contributed by atoms with Crippen LogP contribution in [-0.2, 0) is 20.8 Å². The number of aliphatic hydroxyl groups is 1. The summed E-state index contributed by atoms with van der Waals surface area (Å²) in [6, 6.07) is 23.6. The molecule has 4 atom stereocenters. The predicted octanol–water partition coefficient (Wildman–Crippen LogP) is 3.69. The van der Waals surface area contributed by atoms with Crippen molar-refractivity contribution in [3.63, 3.8) is 0 Å². The zero-order chi connectivity index (χ0) is 26.2. The number of aliphatic carboxylic acids is 1. The number of fused-ring (bicyclic) bond motifs is 1. The Bertz CT molecular complexity index is 1350. The number of hydrogen-bond acceptors (Lipinski definition) is 5. The summed E-state index contributed by atoms with van der Waals surface area (Å²) in [5.41, 5.74) is 2.15. The van der Waals surface area contributed by atoms with Crippen molar-refractivity contribution in [3.8, 4) is 0 Å². The molecule has 0 radical (unpaired) electrons. The van der Waals surface area contributed by atoms with E-state index in [1.54, 1.807) is 12.1 Å². The van der Waals surface area contributed by atoms with E-state index in [4.69, 9.17) is 0 Å². The number of anilines is 1. The van der Waals surface area contributed by atoms with Gasteiger partial charge in [0.05, 0.1) is 24.1 Å². The summed E-state index contributed by atoms with van der Waals surface area (Å²) >= 11 is 0. The van der Waals surface area contributed by atoms with Gasteiger partial charge in [0.1, 0.15) is 0 Å². The van der Waals surface area contributed by atoms with Crippen molar-refractivity contribution in [3.05, 3.63) is 101 Å². The first kappa shape index (κ1) is 24.6. The van der Waals surface area contributed by atoms with E-state index in [0.717, 1.165) is 28.0 Å². The molecule has 3 N–H and O–H groups in total.